The minimum Gasteiger partial charge on any atom is -0.330 e. The number of anilines is 2. The number of aryl methyl sites for hydroxylation is 2. The first-order valence-corrected chi connectivity index (χ1v) is 13.2. The largest absolute Gasteiger partial charge is 0.330 e. The van der Waals surface area contributed by atoms with Crippen molar-refractivity contribution in [2.75, 3.05) is 19.4 Å². The van der Waals surface area contributed by atoms with Crippen LogP contribution in [-0.4, -0.2) is 46.6 Å². The van der Waals surface area contributed by atoms with Crippen LogP contribution in [0.1, 0.15) is 18.3 Å². The third kappa shape index (κ3) is 4.51. The van der Waals surface area contributed by atoms with E-state index in [9.17, 15) is 8.42 Å². The van der Waals surface area contributed by atoms with Crippen LogP contribution < -0.4 is 5.32 Å². The average molecular weight is 489 g/mol. The third-order valence-electron chi connectivity index (χ3n) is 5.01. The molecule has 0 saturated carbocycles. The molecule has 2 heterocycles. The van der Waals surface area contributed by atoms with Crippen molar-refractivity contribution in [3.05, 3.63) is 53.9 Å². The zero-order valence-corrected chi connectivity index (χ0v) is 20.7. The van der Waals surface area contributed by atoms with Crippen molar-refractivity contribution in [2.24, 2.45) is 0 Å². The van der Waals surface area contributed by atoms with Gasteiger partial charge < -0.3 is 9.88 Å². The number of thioether (sulfide) groups is 1. The highest BCUT2D eigenvalue weighted by Crippen LogP contribution is 2.31. The molecule has 32 heavy (non-hydrogen) atoms. The van der Waals surface area contributed by atoms with Gasteiger partial charge in [0.2, 0.25) is 15.2 Å². The normalized spacial score (nSPS) is 12.0. The highest BCUT2D eigenvalue weighted by atomic mass is 32.2. The number of nitrogens with one attached hydrogen (secondary N) is 1. The van der Waals surface area contributed by atoms with Gasteiger partial charge in [-0.2, -0.15) is 0 Å². The average Bonchev–Trinajstić information content (AvgIpc) is 3.36. The molecule has 0 fully saturated rings. The molecule has 1 N–H and O–H groups in total. The summed E-state index contributed by atoms with van der Waals surface area (Å²) in [5.74, 6) is 1.48. The van der Waals surface area contributed by atoms with Gasteiger partial charge in [-0.05, 0) is 43.7 Å². The maximum atomic E-state index is 12.5. The second-order valence-electron chi connectivity index (χ2n) is 7.31. The van der Waals surface area contributed by atoms with Gasteiger partial charge in [-0.1, -0.05) is 41.3 Å². The maximum Gasteiger partial charge on any atom is 0.242 e. The van der Waals surface area contributed by atoms with Crippen molar-refractivity contribution in [1.82, 2.24) is 24.1 Å². The van der Waals surface area contributed by atoms with Crippen LogP contribution in [0.3, 0.4) is 0 Å². The summed E-state index contributed by atoms with van der Waals surface area (Å²) in [7, 11) is -0.456. The number of hydrogen-bond acceptors (Lipinski definition) is 8. The summed E-state index contributed by atoms with van der Waals surface area (Å²) in [6, 6.07) is 13.1. The van der Waals surface area contributed by atoms with Crippen molar-refractivity contribution < 1.29 is 8.42 Å². The van der Waals surface area contributed by atoms with E-state index in [2.05, 4.69) is 27.0 Å². The molecule has 2 aromatic heterocycles. The van der Waals surface area contributed by atoms with E-state index < -0.39 is 10.0 Å². The van der Waals surface area contributed by atoms with Crippen molar-refractivity contribution >= 4 is 55.0 Å². The van der Waals surface area contributed by atoms with Crippen molar-refractivity contribution in [2.45, 2.75) is 35.4 Å². The van der Waals surface area contributed by atoms with E-state index in [1.807, 2.05) is 37.3 Å². The van der Waals surface area contributed by atoms with Crippen LogP contribution in [0.4, 0.5) is 10.8 Å². The van der Waals surface area contributed by atoms with Crippen molar-refractivity contribution in [3.63, 3.8) is 0 Å². The predicted molar refractivity (Wildman–Crippen MR) is 130 cm³/mol. The molecule has 11 heteroatoms. The molecule has 168 valence electrons. The SMILES string of the molecule is CCn1c(CSc2nnc(Nc3ccccc3C)s2)nc2cc(S(=O)(=O)N(C)C)ccc21. The summed E-state index contributed by atoms with van der Waals surface area (Å²) in [6.45, 7) is 4.83. The minimum absolute atomic E-state index is 0.242. The Kier molecular flexibility index (Phi) is 6.52. The molecule has 0 atom stereocenters. The fourth-order valence-corrected chi connectivity index (χ4v) is 5.90. The van der Waals surface area contributed by atoms with Gasteiger partial charge in [0.05, 0.1) is 21.7 Å². The quantitative estimate of drug-likeness (QED) is 0.365. The predicted octanol–water partition coefficient (Wildman–Crippen LogP) is 4.50. The van der Waals surface area contributed by atoms with E-state index in [1.165, 1.54) is 29.7 Å². The lowest BCUT2D eigenvalue weighted by Gasteiger charge is -2.11. The summed E-state index contributed by atoms with van der Waals surface area (Å²) in [4.78, 5) is 4.96. The number of imidazole rings is 1. The summed E-state index contributed by atoms with van der Waals surface area (Å²) in [6.07, 6.45) is 0. The lowest BCUT2D eigenvalue weighted by atomic mass is 10.2. The van der Waals surface area contributed by atoms with Gasteiger partial charge in [0, 0.05) is 26.3 Å². The number of para-hydroxylation sites is 1. The monoisotopic (exact) mass is 488 g/mol. The molecule has 0 unspecified atom stereocenters. The molecule has 0 saturated heterocycles. The molecule has 0 aliphatic heterocycles. The van der Waals surface area contributed by atoms with Crippen LogP contribution in [0.5, 0.6) is 0 Å². The molecule has 0 amide bonds. The lowest BCUT2D eigenvalue weighted by Crippen LogP contribution is -2.22. The van der Waals surface area contributed by atoms with Gasteiger partial charge in [0.15, 0.2) is 4.34 Å². The van der Waals surface area contributed by atoms with E-state index in [1.54, 1.807) is 23.9 Å². The molecule has 8 nitrogen and oxygen atoms in total. The zero-order valence-electron chi connectivity index (χ0n) is 18.2. The summed E-state index contributed by atoms with van der Waals surface area (Å²) < 4.78 is 29.1. The van der Waals surface area contributed by atoms with E-state index in [-0.39, 0.29) is 4.90 Å². The number of aromatic nitrogens is 4. The van der Waals surface area contributed by atoms with Gasteiger partial charge >= 0.3 is 0 Å². The summed E-state index contributed by atoms with van der Waals surface area (Å²) >= 11 is 3.06. The highest BCUT2D eigenvalue weighted by molar-refractivity contribution is 8.00. The Morgan fingerprint density at radius 2 is 1.94 bits per heavy atom. The fourth-order valence-electron chi connectivity index (χ4n) is 3.27. The van der Waals surface area contributed by atoms with Crippen LogP contribution in [0.15, 0.2) is 51.7 Å². The van der Waals surface area contributed by atoms with E-state index in [0.29, 0.717) is 11.3 Å². The van der Waals surface area contributed by atoms with Crippen LogP contribution in [0.2, 0.25) is 0 Å². The van der Waals surface area contributed by atoms with E-state index >= 15 is 0 Å². The highest BCUT2D eigenvalue weighted by Gasteiger charge is 2.20. The van der Waals surface area contributed by atoms with Gasteiger partial charge in [0.1, 0.15) is 5.82 Å². The zero-order chi connectivity index (χ0) is 22.9. The number of rotatable bonds is 8. The van der Waals surface area contributed by atoms with Gasteiger partial charge in [-0.25, -0.2) is 17.7 Å². The lowest BCUT2D eigenvalue weighted by molar-refractivity contribution is 0.521. The Labute approximate surface area is 195 Å². The second-order valence-corrected chi connectivity index (χ2v) is 11.7. The number of nitrogens with zero attached hydrogens (tertiary/aromatic N) is 5. The van der Waals surface area contributed by atoms with Crippen LogP contribution in [0, 0.1) is 6.92 Å². The molecule has 2 aromatic carbocycles. The molecule has 0 aliphatic carbocycles. The Bertz CT molecular complexity index is 1360. The Morgan fingerprint density at radius 3 is 2.66 bits per heavy atom. The van der Waals surface area contributed by atoms with Crippen molar-refractivity contribution in [3.8, 4) is 0 Å². The topological polar surface area (TPSA) is 93.0 Å². The molecule has 4 aromatic rings. The fraction of sp³-hybridized carbons (Fsp3) is 0.286. The van der Waals surface area contributed by atoms with E-state index in [4.69, 9.17) is 4.98 Å². The standard InChI is InChI=1S/C21H24N6O2S3/c1-5-27-18-11-10-15(32(28,29)26(3)4)12-17(18)22-19(27)13-30-21-25-24-20(31-21)23-16-9-7-6-8-14(16)2/h6-12H,5,13H2,1-4H3,(H,23,24). The first-order valence-electron chi connectivity index (χ1n) is 10.00. The van der Waals surface area contributed by atoms with Crippen LogP contribution in [-0.2, 0) is 22.3 Å². The first-order chi connectivity index (χ1) is 15.3. The minimum atomic E-state index is -3.50. The number of sulfonamides is 1. The van der Waals surface area contributed by atoms with Crippen LogP contribution in [0.25, 0.3) is 11.0 Å². The van der Waals surface area contributed by atoms with Crippen molar-refractivity contribution in [1.29, 1.82) is 0 Å². The van der Waals surface area contributed by atoms with Gasteiger partial charge in [0.25, 0.3) is 0 Å². The van der Waals surface area contributed by atoms with Gasteiger partial charge in [-0.3, -0.25) is 0 Å². The summed E-state index contributed by atoms with van der Waals surface area (Å²) in [5, 5.41) is 12.6. The Morgan fingerprint density at radius 1 is 1.16 bits per heavy atom. The maximum absolute atomic E-state index is 12.5. The Balaban J connectivity index is 1.53. The summed E-state index contributed by atoms with van der Waals surface area (Å²) in [5.41, 5.74) is 3.74. The molecule has 0 spiro atoms. The molecular formula is C21H24N6O2S3. The number of fused-ring (bicyclic) bond motifs is 1. The number of hydrogen-bond donors (Lipinski definition) is 1. The smallest absolute Gasteiger partial charge is 0.242 e. The third-order valence-corrected chi connectivity index (χ3v) is 8.79. The molecule has 0 bridgehead atoms. The molecule has 0 aliphatic rings. The number of benzene rings is 2. The second kappa shape index (κ2) is 9.18. The van der Waals surface area contributed by atoms with Crippen LogP contribution >= 0.6 is 23.1 Å². The molecule has 4 rings (SSSR count). The van der Waals surface area contributed by atoms with Gasteiger partial charge in [-0.15, -0.1) is 10.2 Å². The molecular weight excluding hydrogens is 464 g/mol. The first kappa shape index (κ1) is 22.7. The Hall–Kier alpha value is -2.47. The molecule has 0 radical (unpaired) electrons. The van der Waals surface area contributed by atoms with E-state index in [0.717, 1.165) is 38.6 Å².